The van der Waals surface area contributed by atoms with E-state index in [-0.39, 0.29) is 22.9 Å². The molecule has 0 fully saturated rings. The number of fused-ring (bicyclic) bond motifs is 1. The SMILES string of the molecule is CN=CCc1cc2c(C(=O)NC)c(-c3ccc(F)cc3)oc2nc1N(C)S(C)(=O)=O. The quantitative estimate of drug-likeness (QED) is 0.603. The van der Waals surface area contributed by atoms with Crippen molar-refractivity contribution in [2.75, 3.05) is 31.7 Å². The Balaban J connectivity index is 2.34. The van der Waals surface area contributed by atoms with E-state index in [1.807, 2.05) is 0 Å². The van der Waals surface area contributed by atoms with Gasteiger partial charge in [0.2, 0.25) is 15.7 Å². The summed E-state index contributed by atoms with van der Waals surface area (Å²) >= 11 is 0. The molecule has 2 heterocycles. The average molecular weight is 432 g/mol. The number of nitrogens with zero attached hydrogens (tertiary/aromatic N) is 3. The second-order valence-electron chi connectivity index (χ2n) is 6.59. The number of benzene rings is 1. The molecule has 0 radical (unpaired) electrons. The first kappa shape index (κ1) is 21.4. The van der Waals surface area contributed by atoms with Crippen molar-refractivity contribution in [3.8, 4) is 11.3 Å². The maximum atomic E-state index is 13.4. The minimum absolute atomic E-state index is 0.0932. The zero-order valence-corrected chi connectivity index (χ0v) is 17.7. The van der Waals surface area contributed by atoms with Gasteiger partial charge < -0.3 is 14.7 Å². The zero-order chi connectivity index (χ0) is 22.1. The van der Waals surface area contributed by atoms with E-state index in [4.69, 9.17) is 4.42 Å². The number of anilines is 1. The molecule has 3 aromatic rings. The Morgan fingerprint density at radius 3 is 2.57 bits per heavy atom. The largest absolute Gasteiger partial charge is 0.437 e. The first-order valence-electron chi connectivity index (χ1n) is 8.96. The minimum atomic E-state index is -3.59. The maximum absolute atomic E-state index is 13.4. The Kier molecular flexibility index (Phi) is 5.88. The summed E-state index contributed by atoms with van der Waals surface area (Å²) in [5.74, 6) is -0.444. The molecular weight excluding hydrogens is 411 g/mol. The van der Waals surface area contributed by atoms with Crippen LogP contribution < -0.4 is 9.62 Å². The molecule has 0 aliphatic heterocycles. The van der Waals surface area contributed by atoms with E-state index in [9.17, 15) is 17.6 Å². The lowest BCUT2D eigenvalue weighted by atomic mass is 10.0. The van der Waals surface area contributed by atoms with Gasteiger partial charge in [-0.3, -0.25) is 9.10 Å². The van der Waals surface area contributed by atoms with Crippen LogP contribution in [0.15, 0.2) is 39.7 Å². The van der Waals surface area contributed by atoms with Crippen LogP contribution in [0.1, 0.15) is 15.9 Å². The lowest BCUT2D eigenvalue weighted by molar-refractivity contribution is 0.0964. The topological polar surface area (TPSA) is 105 Å². The van der Waals surface area contributed by atoms with Crippen molar-refractivity contribution < 1.29 is 22.0 Å². The molecule has 3 rings (SSSR count). The van der Waals surface area contributed by atoms with Gasteiger partial charge in [0.05, 0.1) is 17.2 Å². The van der Waals surface area contributed by atoms with Gasteiger partial charge in [-0.15, -0.1) is 0 Å². The second kappa shape index (κ2) is 8.23. The minimum Gasteiger partial charge on any atom is -0.437 e. The van der Waals surface area contributed by atoms with Crippen LogP contribution in [0.4, 0.5) is 10.2 Å². The lowest BCUT2D eigenvalue weighted by Gasteiger charge is -2.18. The molecule has 0 bridgehead atoms. The summed E-state index contributed by atoms with van der Waals surface area (Å²) in [4.78, 5) is 21.0. The summed E-state index contributed by atoms with van der Waals surface area (Å²) in [6, 6.07) is 7.18. The van der Waals surface area contributed by atoms with Crippen molar-refractivity contribution in [1.82, 2.24) is 10.3 Å². The van der Waals surface area contributed by atoms with E-state index in [1.54, 1.807) is 19.3 Å². The van der Waals surface area contributed by atoms with E-state index in [1.165, 1.54) is 38.4 Å². The highest BCUT2D eigenvalue weighted by Gasteiger charge is 2.26. The number of aliphatic imine (C=N–C) groups is 1. The van der Waals surface area contributed by atoms with Crippen molar-refractivity contribution in [3.63, 3.8) is 0 Å². The van der Waals surface area contributed by atoms with Crippen LogP contribution in [-0.4, -0.2) is 52.9 Å². The van der Waals surface area contributed by atoms with Crippen LogP contribution in [-0.2, 0) is 16.4 Å². The van der Waals surface area contributed by atoms with E-state index in [0.29, 0.717) is 22.9 Å². The van der Waals surface area contributed by atoms with E-state index >= 15 is 0 Å². The van der Waals surface area contributed by atoms with Gasteiger partial charge in [0.1, 0.15) is 17.4 Å². The van der Waals surface area contributed by atoms with Crippen molar-refractivity contribution >= 4 is 39.1 Å². The summed E-state index contributed by atoms with van der Waals surface area (Å²) in [7, 11) is 0.888. The molecular formula is C20H21FN4O4S. The second-order valence-corrected chi connectivity index (χ2v) is 8.61. The summed E-state index contributed by atoms with van der Waals surface area (Å²) < 4.78 is 44.5. The molecule has 2 aromatic heterocycles. The number of sulfonamides is 1. The number of aromatic nitrogens is 1. The highest BCUT2D eigenvalue weighted by molar-refractivity contribution is 7.92. The van der Waals surface area contributed by atoms with Gasteiger partial charge in [-0.25, -0.2) is 12.8 Å². The van der Waals surface area contributed by atoms with Crippen molar-refractivity contribution in [1.29, 1.82) is 0 Å². The van der Waals surface area contributed by atoms with Crippen LogP contribution >= 0.6 is 0 Å². The van der Waals surface area contributed by atoms with Gasteiger partial charge >= 0.3 is 0 Å². The normalized spacial score (nSPS) is 11.9. The van der Waals surface area contributed by atoms with Gasteiger partial charge in [0, 0.05) is 44.9 Å². The molecule has 0 saturated heterocycles. The summed E-state index contributed by atoms with van der Waals surface area (Å²) in [5, 5.41) is 2.99. The number of amides is 1. The Hall–Kier alpha value is -3.27. The molecule has 1 amide bonds. The predicted molar refractivity (Wildman–Crippen MR) is 114 cm³/mol. The molecule has 10 heteroatoms. The van der Waals surface area contributed by atoms with Gasteiger partial charge in [-0.1, -0.05) is 0 Å². The molecule has 30 heavy (non-hydrogen) atoms. The first-order valence-corrected chi connectivity index (χ1v) is 10.8. The fourth-order valence-corrected chi connectivity index (χ4v) is 3.45. The third-order valence-corrected chi connectivity index (χ3v) is 5.76. The number of nitrogens with one attached hydrogen (secondary N) is 1. The first-order chi connectivity index (χ1) is 14.2. The molecule has 0 atom stereocenters. The van der Waals surface area contributed by atoms with Crippen molar-refractivity contribution in [2.45, 2.75) is 6.42 Å². The number of carbonyl (C=O) groups is 1. The lowest BCUT2D eigenvalue weighted by Crippen LogP contribution is -2.27. The number of halogens is 1. The molecule has 0 aliphatic carbocycles. The Morgan fingerprint density at radius 1 is 1.33 bits per heavy atom. The highest BCUT2D eigenvalue weighted by atomic mass is 32.2. The summed E-state index contributed by atoms with van der Waals surface area (Å²) in [5.41, 5.74) is 1.37. The zero-order valence-electron chi connectivity index (χ0n) is 16.9. The Morgan fingerprint density at radius 2 is 2.00 bits per heavy atom. The number of furan rings is 1. The summed E-state index contributed by atoms with van der Waals surface area (Å²) in [6.45, 7) is 0. The van der Waals surface area contributed by atoms with E-state index in [0.717, 1.165) is 10.6 Å². The van der Waals surface area contributed by atoms with Gasteiger partial charge in [-0.05, 0) is 30.3 Å². The fraction of sp³-hybridized carbons (Fsp3) is 0.250. The van der Waals surface area contributed by atoms with Crippen LogP contribution in [0.3, 0.4) is 0 Å². The predicted octanol–water partition coefficient (Wildman–Crippen LogP) is 2.63. The van der Waals surface area contributed by atoms with Crippen LogP contribution in [0, 0.1) is 5.82 Å². The maximum Gasteiger partial charge on any atom is 0.255 e. The molecule has 158 valence electrons. The van der Waals surface area contributed by atoms with Crippen LogP contribution in [0.25, 0.3) is 22.4 Å². The average Bonchev–Trinajstić information content (AvgIpc) is 3.08. The number of pyridine rings is 1. The number of carbonyl (C=O) groups excluding carboxylic acids is 1. The van der Waals surface area contributed by atoms with E-state index < -0.39 is 21.7 Å². The number of rotatable bonds is 6. The van der Waals surface area contributed by atoms with Crippen molar-refractivity contribution in [2.24, 2.45) is 4.99 Å². The molecule has 0 spiro atoms. The molecule has 1 aromatic carbocycles. The third-order valence-electron chi connectivity index (χ3n) is 4.59. The van der Waals surface area contributed by atoms with Gasteiger partial charge in [0.15, 0.2) is 0 Å². The van der Waals surface area contributed by atoms with E-state index in [2.05, 4.69) is 15.3 Å². The number of hydrogen-bond donors (Lipinski definition) is 1. The van der Waals surface area contributed by atoms with Gasteiger partial charge in [0.25, 0.3) is 5.91 Å². The Bertz CT molecular complexity index is 1230. The summed E-state index contributed by atoms with van der Waals surface area (Å²) in [6.07, 6.45) is 2.99. The highest BCUT2D eigenvalue weighted by Crippen LogP contribution is 2.36. The van der Waals surface area contributed by atoms with Gasteiger partial charge in [-0.2, -0.15) is 4.98 Å². The smallest absolute Gasteiger partial charge is 0.255 e. The molecule has 0 aliphatic rings. The van der Waals surface area contributed by atoms with Crippen LogP contribution in [0.5, 0.6) is 0 Å². The monoisotopic (exact) mass is 432 g/mol. The molecule has 1 N–H and O–H groups in total. The molecule has 8 nitrogen and oxygen atoms in total. The van der Waals surface area contributed by atoms with Crippen LogP contribution in [0.2, 0.25) is 0 Å². The Labute approximate surface area is 173 Å². The molecule has 0 saturated carbocycles. The fourth-order valence-electron chi connectivity index (χ4n) is 2.98. The number of hydrogen-bond acceptors (Lipinski definition) is 6. The molecule has 0 unspecified atom stereocenters. The standard InChI is InChI=1S/C20H21FN4O4S/c1-22-10-9-13-11-15-16(19(26)23-2)17(12-5-7-14(21)8-6-12)29-20(15)24-18(13)25(3)30(4,27)28/h5-8,10-11H,9H2,1-4H3,(H,23,26). The third kappa shape index (κ3) is 4.04. The van der Waals surface area contributed by atoms with Crippen molar-refractivity contribution in [3.05, 3.63) is 47.3 Å².